The Bertz CT molecular complexity index is 486. The van der Waals surface area contributed by atoms with Gasteiger partial charge in [0.1, 0.15) is 0 Å². The lowest BCUT2D eigenvalue weighted by atomic mass is 10.3. The summed E-state index contributed by atoms with van der Waals surface area (Å²) in [4.78, 5) is 5.49. The van der Waals surface area contributed by atoms with Gasteiger partial charge < -0.3 is 5.32 Å². The zero-order valence-electron chi connectivity index (χ0n) is 8.46. The van der Waals surface area contributed by atoms with Crippen molar-refractivity contribution in [3.8, 4) is 0 Å². The first kappa shape index (κ1) is 10.7. The van der Waals surface area contributed by atoms with E-state index in [4.69, 9.17) is 11.6 Å². The van der Waals surface area contributed by atoms with Gasteiger partial charge in [-0.3, -0.25) is 4.40 Å². The molecule has 0 spiro atoms. The number of imidazole rings is 1. The molecule has 2 aromatic heterocycles. The van der Waals surface area contributed by atoms with E-state index >= 15 is 0 Å². The molecular formula is C10H12ClN3S. The van der Waals surface area contributed by atoms with Crippen LogP contribution in [0.1, 0.15) is 11.4 Å². The van der Waals surface area contributed by atoms with E-state index in [1.165, 1.54) is 5.69 Å². The third-order valence-corrected chi connectivity index (χ3v) is 3.06. The molecular weight excluding hydrogens is 230 g/mol. The van der Waals surface area contributed by atoms with Gasteiger partial charge in [-0.05, 0) is 6.92 Å². The van der Waals surface area contributed by atoms with Gasteiger partial charge in [0.2, 0.25) is 0 Å². The van der Waals surface area contributed by atoms with Gasteiger partial charge >= 0.3 is 0 Å². The number of hydrogen-bond acceptors (Lipinski definition) is 3. The minimum atomic E-state index is 0.623. The Balaban J connectivity index is 2.15. The van der Waals surface area contributed by atoms with Crippen LogP contribution in [0.5, 0.6) is 0 Å². The molecule has 0 saturated heterocycles. The van der Waals surface area contributed by atoms with Crippen LogP contribution in [-0.4, -0.2) is 15.9 Å². The molecule has 2 aromatic rings. The molecule has 0 atom stereocenters. The van der Waals surface area contributed by atoms with Crippen LogP contribution in [0, 0.1) is 6.92 Å². The second-order valence-electron chi connectivity index (χ2n) is 3.32. The highest BCUT2D eigenvalue weighted by atomic mass is 35.5. The number of halogens is 1. The predicted molar refractivity (Wildman–Crippen MR) is 64.5 cm³/mol. The Morgan fingerprint density at radius 3 is 3.27 bits per heavy atom. The van der Waals surface area contributed by atoms with Gasteiger partial charge in [-0.2, -0.15) is 0 Å². The Kier molecular flexibility index (Phi) is 3.09. The molecule has 2 rings (SSSR count). The Labute approximate surface area is 97.4 Å². The summed E-state index contributed by atoms with van der Waals surface area (Å²) in [6.07, 6.45) is 2.03. The van der Waals surface area contributed by atoms with E-state index in [0.717, 1.165) is 17.2 Å². The van der Waals surface area contributed by atoms with Gasteiger partial charge in [0, 0.05) is 29.7 Å². The maximum absolute atomic E-state index is 5.68. The average molecular weight is 242 g/mol. The van der Waals surface area contributed by atoms with Crippen molar-refractivity contribution in [3.63, 3.8) is 0 Å². The molecule has 0 bridgehead atoms. The molecule has 0 aliphatic heterocycles. The van der Waals surface area contributed by atoms with Crippen LogP contribution in [-0.2, 0) is 6.54 Å². The summed E-state index contributed by atoms with van der Waals surface area (Å²) < 4.78 is 2.10. The van der Waals surface area contributed by atoms with Crippen LogP contribution in [0.25, 0.3) is 4.96 Å². The molecule has 0 radical (unpaired) electrons. The summed E-state index contributed by atoms with van der Waals surface area (Å²) in [6.45, 7) is 7.03. The Morgan fingerprint density at radius 2 is 2.53 bits per heavy atom. The second-order valence-corrected chi connectivity index (χ2v) is 4.73. The molecule has 0 amide bonds. The first-order valence-corrected chi connectivity index (χ1v) is 5.89. The normalized spacial score (nSPS) is 11.1. The number of thiazole rings is 1. The zero-order valence-corrected chi connectivity index (χ0v) is 10.0. The highest BCUT2D eigenvalue weighted by molar-refractivity contribution is 7.15. The topological polar surface area (TPSA) is 29.3 Å². The minimum absolute atomic E-state index is 0.623. The molecule has 3 nitrogen and oxygen atoms in total. The third-order valence-electron chi connectivity index (χ3n) is 2.17. The fraction of sp³-hybridized carbons (Fsp3) is 0.300. The van der Waals surface area contributed by atoms with Crippen molar-refractivity contribution < 1.29 is 0 Å². The first-order valence-electron chi connectivity index (χ1n) is 4.63. The Morgan fingerprint density at radius 1 is 1.73 bits per heavy atom. The number of aryl methyl sites for hydroxylation is 1. The van der Waals surface area contributed by atoms with Crippen LogP contribution in [0.3, 0.4) is 0 Å². The minimum Gasteiger partial charge on any atom is -0.306 e. The maximum atomic E-state index is 5.68. The average Bonchev–Trinajstić information content (AvgIpc) is 2.68. The molecule has 0 aliphatic carbocycles. The van der Waals surface area contributed by atoms with E-state index in [0.29, 0.717) is 11.6 Å². The van der Waals surface area contributed by atoms with Gasteiger partial charge in [0.05, 0.1) is 11.4 Å². The van der Waals surface area contributed by atoms with Crippen LogP contribution >= 0.6 is 22.9 Å². The van der Waals surface area contributed by atoms with Crippen molar-refractivity contribution in [1.82, 2.24) is 14.7 Å². The van der Waals surface area contributed by atoms with E-state index in [1.54, 1.807) is 11.3 Å². The van der Waals surface area contributed by atoms with Crippen molar-refractivity contribution in [1.29, 1.82) is 0 Å². The quantitative estimate of drug-likeness (QED) is 0.892. The molecule has 5 heteroatoms. The molecule has 2 heterocycles. The summed E-state index contributed by atoms with van der Waals surface area (Å²) in [5.41, 5.74) is 2.25. The molecule has 1 N–H and O–H groups in total. The van der Waals surface area contributed by atoms with Gasteiger partial charge in [-0.25, -0.2) is 4.98 Å². The van der Waals surface area contributed by atoms with Crippen molar-refractivity contribution in [3.05, 3.63) is 34.6 Å². The summed E-state index contributed by atoms with van der Waals surface area (Å²) in [5, 5.41) is 5.88. The smallest absolute Gasteiger partial charge is 0.194 e. The van der Waals surface area contributed by atoms with Gasteiger partial charge in [0.15, 0.2) is 4.96 Å². The van der Waals surface area contributed by atoms with E-state index in [9.17, 15) is 0 Å². The largest absolute Gasteiger partial charge is 0.306 e. The molecule has 0 aliphatic rings. The number of hydrogen-bond donors (Lipinski definition) is 1. The Hall–Kier alpha value is -0.840. The standard InChI is InChI=1S/C10H12ClN3S/c1-7(11)5-12-6-9-8(2)13-10-14(9)3-4-15-10/h3-4,12H,1,5-6H2,2H3. The van der Waals surface area contributed by atoms with Crippen LogP contribution < -0.4 is 5.32 Å². The number of rotatable bonds is 4. The number of nitrogens with zero attached hydrogens (tertiary/aromatic N) is 2. The molecule has 0 unspecified atom stereocenters. The van der Waals surface area contributed by atoms with E-state index in [-0.39, 0.29) is 0 Å². The fourth-order valence-electron chi connectivity index (χ4n) is 1.47. The van der Waals surface area contributed by atoms with Gasteiger partial charge in [-0.15, -0.1) is 11.3 Å². The lowest BCUT2D eigenvalue weighted by molar-refractivity contribution is 0.726. The number of nitrogens with one attached hydrogen (secondary N) is 1. The maximum Gasteiger partial charge on any atom is 0.194 e. The second kappa shape index (κ2) is 4.35. The third kappa shape index (κ3) is 2.22. The number of aromatic nitrogens is 2. The van der Waals surface area contributed by atoms with E-state index in [2.05, 4.69) is 21.3 Å². The summed E-state index contributed by atoms with van der Waals surface area (Å²) in [6, 6.07) is 0. The summed E-state index contributed by atoms with van der Waals surface area (Å²) in [5.74, 6) is 0. The van der Waals surface area contributed by atoms with Crippen molar-refractivity contribution in [2.24, 2.45) is 0 Å². The number of fused-ring (bicyclic) bond motifs is 1. The summed E-state index contributed by atoms with van der Waals surface area (Å²) >= 11 is 7.32. The van der Waals surface area contributed by atoms with Crippen LogP contribution in [0.2, 0.25) is 0 Å². The highest BCUT2D eigenvalue weighted by Crippen LogP contribution is 2.16. The molecule has 0 saturated carbocycles. The van der Waals surface area contributed by atoms with Crippen molar-refractivity contribution in [2.75, 3.05) is 6.54 Å². The first-order chi connectivity index (χ1) is 7.18. The summed E-state index contributed by atoms with van der Waals surface area (Å²) in [7, 11) is 0. The fourth-order valence-corrected chi connectivity index (χ4v) is 2.34. The monoisotopic (exact) mass is 241 g/mol. The van der Waals surface area contributed by atoms with E-state index in [1.807, 2.05) is 18.5 Å². The van der Waals surface area contributed by atoms with Crippen LogP contribution in [0.15, 0.2) is 23.2 Å². The molecule has 15 heavy (non-hydrogen) atoms. The van der Waals surface area contributed by atoms with Gasteiger partial charge in [-0.1, -0.05) is 18.2 Å². The van der Waals surface area contributed by atoms with Crippen molar-refractivity contribution >= 4 is 27.9 Å². The highest BCUT2D eigenvalue weighted by Gasteiger charge is 2.08. The van der Waals surface area contributed by atoms with Gasteiger partial charge in [0.25, 0.3) is 0 Å². The predicted octanol–water partition coefficient (Wildman–Crippen LogP) is 2.55. The van der Waals surface area contributed by atoms with E-state index < -0.39 is 0 Å². The zero-order chi connectivity index (χ0) is 10.8. The molecule has 0 aromatic carbocycles. The molecule has 0 fully saturated rings. The SMILES string of the molecule is C=C(Cl)CNCc1c(C)nc2sccn12. The molecule has 80 valence electrons. The van der Waals surface area contributed by atoms with Crippen LogP contribution in [0.4, 0.5) is 0 Å². The lowest BCUT2D eigenvalue weighted by Gasteiger charge is -2.03. The van der Waals surface area contributed by atoms with Crippen molar-refractivity contribution in [2.45, 2.75) is 13.5 Å². The lowest BCUT2D eigenvalue weighted by Crippen LogP contribution is -2.16.